The summed E-state index contributed by atoms with van der Waals surface area (Å²) < 4.78 is 32.9. The standard InChI is InChI=1S/C22H21F2N5O2/c1-14-25-19(13-20(26-14)29-9-11-31-12-10-29)27-15-5-7-16(8-6-15)28-22(30)21-17(23)3-2-4-18(21)24/h2-8,13H,9-12H2,1H3,(H,28,30)(H,25,26,27). The molecule has 0 spiro atoms. The largest absolute Gasteiger partial charge is 0.378 e. The number of carbonyl (C=O) groups excluding carboxylic acids is 1. The zero-order valence-electron chi connectivity index (χ0n) is 16.9. The topological polar surface area (TPSA) is 79.4 Å². The maximum Gasteiger partial charge on any atom is 0.261 e. The minimum absolute atomic E-state index is 0.408. The summed E-state index contributed by atoms with van der Waals surface area (Å²) in [5.74, 6) is -0.564. The summed E-state index contributed by atoms with van der Waals surface area (Å²) in [5, 5.41) is 5.71. The van der Waals surface area contributed by atoms with Crippen LogP contribution < -0.4 is 15.5 Å². The minimum Gasteiger partial charge on any atom is -0.378 e. The van der Waals surface area contributed by atoms with Crippen LogP contribution in [-0.2, 0) is 4.74 Å². The van der Waals surface area contributed by atoms with Crippen LogP contribution in [0.2, 0.25) is 0 Å². The second-order valence-corrected chi connectivity index (χ2v) is 7.01. The number of rotatable bonds is 5. The summed E-state index contributed by atoms with van der Waals surface area (Å²) >= 11 is 0. The predicted molar refractivity (Wildman–Crippen MR) is 114 cm³/mol. The Hall–Kier alpha value is -3.59. The van der Waals surface area contributed by atoms with Gasteiger partial charge in [0.25, 0.3) is 5.91 Å². The van der Waals surface area contributed by atoms with Gasteiger partial charge in [0.1, 0.15) is 34.7 Å². The van der Waals surface area contributed by atoms with Gasteiger partial charge in [-0.25, -0.2) is 18.7 Å². The summed E-state index contributed by atoms with van der Waals surface area (Å²) in [6.07, 6.45) is 0. The maximum atomic E-state index is 13.8. The average Bonchev–Trinajstić information content (AvgIpc) is 2.75. The normalized spacial score (nSPS) is 13.7. The number of amides is 1. The molecule has 0 unspecified atom stereocenters. The van der Waals surface area contributed by atoms with E-state index in [1.807, 2.05) is 13.0 Å². The number of ether oxygens (including phenoxy) is 1. The highest BCUT2D eigenvalue weighted by atomic mass is 19.1. The molecule has 2 aromatic carbocycles. The lowest BCUT2D eigenvalue weighted by Crippen LogP contribution is -2.36. The number of halogens is 2. The highest BCUT2D eigenvalue weighted by Gasteiger charge is 2.17. The van der Waals surface area contributed by atoms with Crippen molar-refractivity contribution in [2.24, 2.45) is 0 Å². The maximum absolute atomic E-state index is 13.8. The van der Waals surface area contributed by atoms with E-state index in [1.165, 1.54) is 6.07 Å². The summed E-state index contributed by atoms with van der Waals surface area (Å²) in [7, 11) is 0. The third-order valence-electron chi connectivity index (χ3n) is 4.76. The van der Waals surface area contributed by atoms with Gasteiger partial charge in [-0.1, -0.05) is 6.07 Å². The lowest BCUT2D eigenvalue weighted by atomic mass is 10.1. The molecule has 0 aliphatic carbocycles. The molecule has 31 heavy (non-hydrogen) atoms. The van der Waals surface area contributed by atoms with Crippen molar-refractivity contribution in [3.8, 4) is 0 Å². The quantitative estimate of drug-likeness (QED) is 0.646. The van der Waals surface area contributed by atoms with Gasteiger partial charge in [-0.2, -0.15) is 0 Å². The molecular weight excluding hydrogens is 404 g/mol. The van der Waals surface area contributed by atoms with Crippen LogP contribution in [0.5, 0.6) is 0 Å². The highest BCUT2D eigenvalue weighted by molar-refractivity contribution is 6.04. The van der Waals surface area contributed by atoms with Crippen molar-refractivity contribution < 1.29 is 18.3 Å². The van der Waals surface area contributed by atoms with Crippen LogP contribution in [0.25, 0.3) is 0 Å². The molecule has 2 N–H and O–H groups in total. The van der Waals surface area contributed by atoms with E-state index >= 15 is 0 Å². The monoisotopic (exact) mass is 425 g/mol. The Morgan fingerprint density at radius 1 is 1.00 bits per heavy atom. The van der Waals surface area contributed by atoms with E-state index < -0.39 is 23.1 Å². The molecular formula is C22H21F2N5O2. The van der Waals surface area contributed by atoms with Gasteiger partial charge >= 0.3 is 0 Å². The fraction of sp³-hybridized carbons (Fsp3) is 0.227. The fourth-order valence-corrected chi connectivity index (χ4v) is 3.26. The average molecular weight is 425 g/mol. The van der Waals surface area contributed by atoms with E-state index in [-0.39, 0.29) is 0 Å². The van der Waals surface area contributed by atoms with Crippen molar-refractivity contribution >= 4 is 28.9 Å². The Labute approximate surface area is 178 Å². The number of aromatic nitrogens is 2. The van der Waals surface area contributed by atoms with Crippen molar-refractivity contribution in [3.05, 3.63) is 71.6 Å². The molecule has 160 valence electrons. The molecule has 0 saturated carbocycles. The Bertz CT molecular complexity index is 1070. The molecule has 2 heterocycles. The first-order chi connectivity index (χ1) is 15.0. The van der Waals surface area contributed by atoms with E-state index in [9.17, 15) is 13.6 Å². The number of carbonyl (C=O) groups is 1. The fourth-order valence-electron chi connectivity index (χ4n) is 3.26. The Morgan fingerprint density at radius 2 is 1.65 bits per heavy atom. The third-order valence-corrected chi connectivity index (χ3v) is 4.76. The molecule has 0 atom stereocenters. The van der Waals surface area contributed by atoms with E-state index in [4.69, 9.17) is 4.74 Å². The number of nitrogens with zero attached hydrogens (tertiary/aromatic N) is 3. The SMILES string of the molecule is Cc1nc(Nc2ccc(NC(=O)c3c(F)cccc3F)cc2)cc(N2CCOCC2)n1. The van der Waals surface area contributed by atoms with Crippen molar-refractivity contribution in [1.29, 1.82) is 0 Å². The van der Waals surface area contributed by atoms with Crippen molar-refractivity contribution in [1.82, 2.24) is 9.97 Å². The molecule has 1 fully saturated rings. The van der Waals surface area contributed by atoms with Crippen molar-refractivity contribution in [2.75, 3.05) is 41.8 Å². The third kappa shape index (κ3) is 4.95. The molecule has 7 nitrogen and oxygen atoms in total. The molecule has 4 rings (SSSR count). The van der Waals surface area contributed by atoms with Crippen LogP contribution in [-0.4, -0.2) is 42.2 Å². The smallest absolute Gasteiger partial charge is 0.261 e. The van der Waals surface area contributed by atoms with E-state index in [2.05, 4.69) is 25.5 Å². The van der Waals surface area contributed by atoms with Crippen LogP contribution >= 0.6 is 0 Å². The number of hydrogen-bond donors (Lipinski definition) is 2. The zero-order valence-corrected chi connectivity index (χ0v) is 16.9. The van der Waals surface area contributed by atoms with Gasteiger partial charge in [0.2, 0.25) is 0 Å². The van der Waals surface area contributed by atoms with Gasteiger partial charge in [-0.15, -0.1) is 0 Å². The van der Waals surface area contributed by atoms with Crippen LogP contribution in [0.4, 0.5) is 31.8 Å². The molecule has 1 aromatic heterocycles. The first kappa shape index (κ1) is 20.7. The molecule has 9 heteroatoms. The lowest BCUT2D eigenvalue weighted by Gasteiger charge is -2.28. The second kappa shape index (κ2) is 9.05. The molecule has 1 amide bonds. The predicted octanol–water partition coefficient (Wildman–Crippen LogP) is 3.90. The summed E-state index contributed by atoms with van der Waals surface area (Å²) in [6, 6.07) is 11.9. The van der Waals surface area contributed by atoms with Gasteiger partial charge < -0.3 is 20.3 Å². The van der Waals surface area contributed by atoms with Gasteiger partial charge in [0.05, 0.1) is 13.2 Å². The van der Waals surface area contributed by atoms with Crippen LogP contribution in [0.3, 0.4) is 0 Å². The Morgan fingerprint density at radius 3 is 2.32 bits per heavy atom. The summed E-state index contributed by atoms with van der Waals surface area (Å²) in [5.41, 5.74) is 0.531. The van der Waals surface area contributed by atoms with E-state index in [1.54, 1.807) is 24.3 Å². The first-order valence-corrected chi connectivity index (χ1v) is 9.80. The zero-order chi connectivity index (χ0) is 21.8. The molecule has 3 aromatic rings. The lowest BCUT2D eigenvalue weighted by molar-refractivity contribution is 0.101. The van der Waals surface area contributed by atoms with Gasteiger partial charge in [-0.05, 0) is 43.3 Å². The van der Waals surface area contributed by atoms with Crippen molar-refractivity contribution in [3.63, 3.8) is 0 Å². The second-order valence-electron chi connectivity index (χ2n) is 7.01. The van der Waals surface area contributed by atoms with Gasteiger partial charge in [0, 0.05) is 30.5 Å². The van der Waals surface area contributed by atoms with Crippen LogP contribution in [0.15, 0.2) is 48.5 Å². The first-order valence-electron chi connectivity index (χ1n) is 9.80. The van der Waals surface area contributed by atoms with E-state index in [0.29, 0.717) is 30.5 Å². The molecule has 1 aliphatic rings. The van der Waals surface area contributed by atoms with Crippen LogP contribution in [0.1, 0.15) is 16.2 Å². The van der Waals surface area contributed by atoms with Crippen LogP contribution in [0, 0.1) is 18.6 Å². The molecule has 0 radical (unpaired) electrons. The number of hydrogen-bond acceptors (Lipinski definition) is 6. The highest BCUT2D eigenvalue weighted by Crippen LogP contribution is 2.22. The summed E-state index contributed by atoms with van der Waals surface area (Å²) in [4.78, 5) is 23.3. The van der Waals surface area contributed by atoms with Crippen molar-refractivity contribution in [2.45, 2.75) is 6.92 Å². The molecule has 1 aliphatic heterocycles. The number of nitrogens with one attached hydrogen (secondary N) is 2. The number of anilines is 4. The summed E-state index contributed by atoms with van der Waals surface area (Å²) in [6.45, 7) is 4.70. The van der Waals surface area contributed by atoms with Gasteiger partial charge in [0.15, 0.2) is 0 Å². The molecule has 0 bridgehead atoms. The number of aryl methyl sites for hydroxylation is 1. The Balaban J connectivity index is 1.45. The Kier molecular flexibility index (Phi) is 6.03. The number of morpholine rings is 1. The van der Waals surface area contributed by atoms with Gasteiger partial charge in [-0.3, -0.25) is 4.79 Å². The minimum atomic E-state index is -0.911. The van der Waals surface area contributed by atoms with E-state index in [0.717, 1.165) is 36.7 Å². The molecule has 1 saturated heterocycles. The number of benzene rings is 2.